The molecule has 356 valence electrons. The Hall–Kier alpha value is -5.86. The summed E-state index contributed by atoms with van der Waals surface area (Å²) in [6.07, 6.45) is -0.682. The maximum absolute atomic E-state index is 14.0. The predicted octanol–water partition coefficient (Wildman–Crippen LogP) is 6.20. The molecular weight excluding hydrogens is 894 g/mol. The van der Waals surface area contributed by atoms with Crippen molar-refractivity contribution < 1.29 is 38.6 Å². The molecule has 0 radical (unpaired) electrons. The van der Waals surface area contributed by atoms with Gasteiger partial charge in [0.2, 0.25) is 17.7 Å². The van der Waals surface area contributed by atoms with Crippen LogP contribution >= 0.6 is 22.9 Å². The lowest BCUT2D eigenvalue weighted by Crippen LogP contribution is -2.74. The van der Waals surface area contributed by atoms with Crippen LogP contribution in [0.15, 0.2) is 72.2 Å². The third-order valence-electron chi connectivity index (χ3n) is 12.5. The topological polar surface area (TPSA) is 212 Å². The molecule has 3 aromatic carbocycles. The van der Waals surface area contributed by atoms with Gasteiger partial charge in [-0.1, -0.05) is 84.3 Å². The lowest BCUT2D eigenvalue weighted by atomic mass is 9.49. The van der Waals surface area contributed by atoms with Gasteiger partial charge < -0.3 is 40.7 Å². The van der Waals surface area contributed by atoms with E-state index in [0.717, 1.165) is 21.7 Å². The lowest BCUT2D eigenvalue weighted by molar-refractivity contribution is -0.164. The van der Waals surface area contributed by atoms with Crippen molar-refractivity contribution in [2.45, 2.75) is 105 Å². The summed E-state index contributed by atoms with van der Waals surface area (Å²) in [4.78, 5) is 73.5. The van der Waals surface area contributed by atoms with Gasteiger partial charge in [-0.3, -0.25) is 24.0 Å². The summed E-state index contributed by atoms with van der Waals surface area (Å²) in [6, 6.07) is 19.0. The molecule has 1 aromatic heterocycles. The number of hydrogen-bond acceptors (Lipinski definition) is 11. The number of aliphatic hydroxyl groups is 1. The normalized spacial score (nSPS) is 19.9. The number of ether oxygens (including phenoxy) is 2. The van der Waals surface area contributed by atoms with E-state index in [0.29, 0.717) is 33.9 Å². The molecule has 5 N–H and O–H groups in total. The monoisotopic (exact) mass is 953 g/mol. The Kier molecular flexibility index (Phi) is 15.8. The van der Waals surface area contributed by atoms with E-state index in [-0.39, 0.29) is 63.2 Å². The lowest BCUT2D eigenvalue weighted by Gasteiger charge is -2.63. The first-order valence-corrected chi connectivity index (χ1v) is 23.6. The Balaban J connectivity index is 0.913. The van der Waals surface area contributed by atoms with Gasteiger partial charge in [-0.25, -0.2) is 4.98 Å². The van der Waals surface area contributed by atoms with Crippen molar-refractivity contribution in [3.05, 3.63) is 105 Å². The molecule has 2 heterocycles. The van der Waals surface area contributed by atoms with Crippen LogP contribution in [0.3, 0.4) is 0 Å². The van der Waals surface area contributed by atoms with Crippen molar-refractivity contribution in [1.29, 1.82) is 5.26 Å². The van der Waals surface area contributed by atoms with Gasteiger partial charge in [0.15, 0.2) is 0 Å². The third kappa shape index (κ3) is 11.8. The highest BCUT2D eigenvalue weighted by Crippen LogP contribution is 2.55. The second-order valence-corrected chi connectivity index (χ2v) is 20.7. The van der Waals surface area contributed by atoms with Crippen LogP contribution in [-0.2, 0) is 25.7 Å². The van der Waals surface area contributed by atoms with Gasteiger partial charge in [0, 0.05) is 66.7 Å². The number of amides is 5. The van der Waals surface area contributed by atoms with E-state index in [1.54, 1.807) is 80.1 Å². The van der Waals surface area contributed by atoms with E-state index in [4.69, 9.17) is 21.1 Å². The molecule has 1 aliphatic heterocycles. The minimum atomic E-state index is -1.01. The molecule has 5 amide bonds. The molecule has 1 saturated carbocycles. The van der Waals surface area contributed by atoms with Crippen LogP contribution in [-0.4, -0.2) is 101 Å². The number of halogens is 1. The summed E-state index contributed by atoms with van der Waals surface area (Å²) in [5.74, 6) is -1.47. The fourth-order valence-electron chi connectivity index (χ4n) is 9.21. The van der Waals surface area contributed by atoms with E-state index < -0.39 is 52.2 Å². The summed E-state index contributed by atoms with van der Waals surface area (Å²) in [6.45, 7) is 15.7. The van der Waals surface area contributed by atoms with E-state index in [2.05, 4.69) is 26.3 Å². The highest BCUT2D eigenvalue weighted by atomic mass is 35.5. The molecule has 0 spiro atoms. The first-order chi connectivity index (χ1) is 31.6. The number of aryl methyl sites for hydroxylation is 1. The summed E-state index contributed by atoms with van der Waals surface area (Å²) in [5, 5.41) is 31.7. The summed E-state index contributed by atoms with van der Waals surface area (Å²) in [5.41, 5.74) is 4.17. The van der Waals surface area contributed by atoms with Crippen LogP contribution in [0, 0.1) is 34.5 Å². The van der Waals surface area contributed by atoms with Crippen LogP contribution in [0.1, 0.15) is 98.8 Å². The van der Waals surface area contributed by atoms with Gasteiger partial charge in [-0.15, -0.1) is 11.3 Å². The fourth-order valence-corrected chi connectivity index (χ4v) is 10.2. The zero-order valence-corrected chi connectivity index (χ0v) is 40.8. The summed E-state index contributed by atoms with van der Waals surface area (Å²) < 4.78 is 11.9. The molecule has 17 heteroatoms. The van der Waals surface area contributed by atoms with Crippen LogP contribution in [0.4, 0.5) is 0 Å². The highest BCUT2D eigenvalue weighted by molar-refractivity contribution is 7.13. The first kappa shape index (κ1) is 50.6. The Morgan fingerprint density at radius 3 is 2.22 bits per heavy atom. The van der Waals surface area contributed by atoms with E-state index in [1.807, 2.05) is 65.0 Å². The molecule has 3 atom stereocenters. The molecule has 67 heavy (non-hydrogen) atoms. The van der Waals surface area contributed by atoms with Crippen molar-refractivity contribution in [3.63, 3.8) is 0 Å². The molecule has 15 nitrogen and oxygen atoms in total. The number of likely N-dealkylation sites (tertiary alicyclic amines) is 1. The number of benzene rings is 3. The predicted molar refractivity (Wildman–Crippen MR) is 255 cm³/mol. The zero-order chi connectivity index (χ0) is 48.8. The number of β-amino-alcohol motifs (C(OH)–C–C–N with tert-alkyl or cyclic N) is 1. The molecule has 1 unspecified atom stereocenters. The van der Waals surface area contributed by atoms with Crippen molar-refractivity contribution in [1.82, 2.24) is 31.2 Å². The molecule has 1 saturated heterocycles. The maximum atomic E-state index is 14.0. The van der Waals surface area contributed by atoms with Gasteiger partial charge in [0.05, 0.1) is 32.8 Å². The van der Waals surface area contributed by atoms with Crippen molar-refractivity contribution in [2.24, 2.45) is 16.2 Å². The summed E-state index contributed by atoms with van der Waals surface area (Å²) >= 11 is 7.79. The molecule has 1 aliphatic carbocycles. The Morgan fingerprint density at radius 1 is 0.970 bits per heavy atom. The number of carbonyl (C=O) groups is 5. The zero-order valence-electron chi connectivity index (χ0n) is 39.2. The fraction of sp³-hybridized carbons (Fsp3) is 0.460. The molecule has 4 aromatic rings. The van der Waals surface area contributed by atoms with E-state index >= 15 is 0 Å². The Morgan fingerprint density at radius 2 is 1.63 bits per heavy atom. The van der Waals surface area contributed by atoms with E-state index in [9.17, 15) is 34.3 Å². The number of nitrogens with one attached hydrogen (secondary N) is 4. The number of thiazole rings is 1. The Labute approximate surface area is 401 Å². The van der Waals surface area contributed by atoms with Gasteiger partial charge in [-0.2, -0.15) is 5.26 Å². The third-order valence-corrected chi connectivity index (χ3v) is 13.8. The SMILES string of the molecule is Cc1ncsc1-c1ccc(CNC(=O)[C@@H]2C[C@@H](O)CN2C(=O)C(NC(=O)COCCCNC(=O)c2ccc(C(=O)N[C@H]3C(C)(C)[C@H](Oc4ccc(C#N)c(Cl)c4)C3(C)C)cc2)C(C)(C)C)cc1. The molecule has 2 fully saturated rings. The molecule has 0 bridgehead atoms. The Bertz CT molecular complexity index is 2480. The van der Waals surface area contributed by atoms with Gasteiger partial charge >= 0.3 is 0 Å². The maximum Gasteiger partial charge on any atom is 0.251 e. The quantitative estimate of drug-likeness (QED) is 0.0757. The molecule has 2 aliphatic rings. The number of rotatable bonds is 17. The molecule has 6 rings (SSSR count). The second-order valence-electron chi connectivity index (χ2n) is 19.5. The van der Waals surface area contributed by atoms with Crippen LogP contribution in [0.25, 0.3) is 10.4 Å². The van der Waals surface area contributed by atoms with Crippen molar-refractivity contribution >= 4 is 52.5 Å². The number of aliphatic hydroxyl groups excluding tert-OH is 1. The number of nitrogens with zero attached hydrogens (tertiary/aromatic N) is 3. The number of aromatic nitrogens is 1. The average Bonchev–Trinajstić information content (AvgIpc) is 3.91. The average molecular weight is 955 g/mol. The number of carbonyl (C=O) groups excluding carboxylic acids is 5. The minimum Gasteiger partial charge on any atom is -0.489 e. The summed E-state index contributed by atoms with van der Waals surface area (Å²) in [7, 11) is 0. The first-order valence-electron chi connectivity index (χ1n) is 22.3. The van der Waals surface area contributed by atoms with E-state index in [1.165, 1.54) is 4.90 Å². The van der Waals surface area contributed by atoms with Crippen LogP contribution < -0.4 is 26.0 Å². The van der Waals surface area contributed by atoms with Gasteiger partial charge in [0.1, 0.15) is 36.6 Å². The van der Waals surface area contributed by atoms with Crippen molar-refractivity contribution in [2.75, 3.05) is 26.3 Å². The smallest absolute Gasteiger partial charge is 0.251 e. The number of nitriles is 1. The van der Waals surface area contributed by atoms with Gasteiger partial charge in [0.25, 0.3) is 11.8 Å². The minimum absolute atomic E-state index is 0.0432. The highest BCUT2D eigenvalue weighted by Gasteiger charge is 2.64. The van der Waals surface area contributed by atoms with Crippen LogP contribution in [0.5, 0.6) is 5.75 Å². The largest absolute Gasteiger partial charge is 0.489 e. The van der Waals surface area contributed by atoms with Crippen LogP contribution in [0.2, 0.25) is 5.02 Å². The standard InChI is InChI=1S/C50H60ClN7O8S/c1-29-40(67-28-55-29)31-12-10-30(11-13-31)25-54-44(63)38-22-35(59)26-58(38)45(64)41(48(2,3)4)56-39(60)27-65-21-9-20-53-42(61)32-14-16-33(17-15-32)43(62)57-46-49(5,6)47(50(46,7)8)66-36-19-18-34(24-52)37(51)23-36/h10-19,23,28,35,38,41,46-47,59H,9,20-22,25-27H2,1-8H3,(H,53,61)(H,54,63)(H,56,60)(H,57,62)/t35-,38+,41?,46-,47-/m1/s1. The number of hydrogen-bond donors (Lipinski definition) is 5. The second kappa shape index (κ2) is 21.0. The van der Waals surface area contributed by atoms with Gasteiger partial charge in [-0.05, 0) is 66.3 Å². The molecular formula is C50H60ClN7O8S. The van der Waals surface area contributed by atoms with Crippen molar-refractivity contribution in [3.8, 4) is 22.3 Å².